The van der Waals surface area contributed by atoms with Crippen molar-refractivity contribution in [3.8, 4) is 0 Å². The summed E-state index contributed by atoms with van der Waals surface area (Å²) < 4.78 is 0. The number of Topliss-reactive ketones (excluding diaryl/α,β-unsaturated/α-hetero) is 1. The number of hydrogen-bond donors (Lipinski definition) is 0. The van der Waals surface area contributed by atoms with Crippen LogP contribution in [0, 0.1) is 17.8 Å². The van der Waals surface area contributed by atoms with E-state index in [9.17, 15) is 4.79 Å². The lowest BCUT2D eigenvalue weighted by Crippen LogP contribution is -2.34. The molecule has 0 amide bonds. The van der Waals surface area contributed by atoms with Crippen molar-refractivity contribution < 1.29 is 4.79 Å². The molecule has 2 aliphatic carbocycles. The summed E-state index contributed by atoms with van der Waals surface area (Å²) in [6, 6.07) is 0. The monoisotopic (exact) mass is 124 g/mol. The van der Waals surface area contributed by atoms with E-state index >= 15 is 0 Å². The van der Waals surface area contributed by atoms with Gasteiger partial charge >= 0.3 is 0 Å². The Morgan fingerprint density at radius 3 is 2.78 bits per heavy atom. The highest BCUT2D eigenvalue weighted by atomic mass is 16.1. The Kier molecular flexibility index (Phi) is 0.961. The summed E-state index contributed by atoms with van der Waals surface area (Å²) in [7, 11) is 0. The molecule has 1 nitrogen and oxygen atoms in total. The van der Waals surface area contributed by atoms with Gasteiger partial charge in [0.2, 0.25) is 0 Å². The fourth-order valence-corrected chi connectivity index (χ4v) is 2.41. The molecule has 0 radical (unpaired) electrons. The molecule has 0 aromatic rings. The minimum Gasteiger partial charge on any atom is -0.299 e. The molecule has 2 saturated carbocycles. The number of rotatable bonds is 0. The van der Waals surface area contributed by atoms with Crippen LogP contribution in [0.15, 0.2) is 0 Å². The Bertz CT molecular complexity index is 151. The first-order valence-corrected chi connectivity index (χ1v) is 3.82. The fraction of sp³-hybridized carbons (Fsp3) is 0.875. The van der Waals surface area contributed by atoms with Crippen LogP contribution in [0.4, 0.5) is 0 Å². The van der Waals surface area contributed by atoms with Gasteiger partial charge in [-0.05, 0) is 24.7 Å². The van der Waals surface area contributed by atoms with Crippen LogP contribution in [-0.2, 0) is 4.79 Å². The van der Waals surface area contributed by atoms with Crippen LogP contribution in [0.2, 0.25) is 0 Å². The van der Waals surface area contributed by atoms with E-state index in [-0.39, 0.29) is 0 Å². The van der Waals surface area contributed by atoms with Crippen molar-refractivity contribution in [1.29, 1.82) is 0 Å². The van der Waals surface area contributed by atoms with Crippen molar-refractivity contribution in [2.24, 2.45) is 17.8 Å². The molecule has 0 heterocycles. The lowest BCUT2D eigenvalue weighted by Gasteiger charge is -2.36. The maximum Gasteiger partial charge on any atom is 0.136 e. The third kappa shape index (κ3) is 0.577. The summed E-state index contributed by atoms with van der Waals surface area (Å²) in [6.07, 6.45) is 3.38. The molecule has 0 spiro atoms. The Morgan fingerprint density at radius 2 is 2.33 bits per heavy atom. The standard InChI is InChI=1S/C8H12O/c1-5-4-6-2-3-7(9)8(5)6/h5-6,8H,2-4H2,1H3/t5-,6+,8+/m1/s1. The van der Waals surface area contributed by atoms with Gasteiger partial charge in [0.1, 0.15) is 5.78 Å². The van der Waals surface area contributed by atoms with E-state index in [0.717, 1.165) is 12.3 Å². The third-order valence-electron chi connectivity index (χ3n) is 2.93. The Labute approximate surface area is 55.4 Å². The van der Waals surface area contributed by atoms with E-state index in [1.54, 1.807) is 0 Å². The first-order chi connectivity index (χ1) is 4.29. The molecular weight excluding hydrogens is 112 g/mol. The van der Waals surface area contributed by atoms with Gasteiger partial charge in [-0.1, -0.05) is 6.92 Å². The molecular formula is C8H12O. The Balaban J connectivity index is 2.14. The normalized spacial score (nSPS) is 48.6. The van der Waals surface area contributed by atoms with Crippen molar-refractivity contribution in [3.05, 3.63) is 0 Å². The van der Waals surface area contributed by atoms with Gasteiger partial charge in [-0.2, -0.15) is 0 Å². The first-order valence-electron chi connectivity index (χ1n) is 3.82. The fourth-order valence-electron chi connectivity index (χ4n) is 2.41. The molecule has 2 rings (SSSR count). The third-order valence-corrected chi connectivity index (χ3v) is 2.93. The lowest BCUT2D eigenvalue weighted by molar-refractivity contribution is -0.125. The second-order valence-electron chi connectivity index (χ2n) is 3.50. The quantitative estimate of drug-likeness (QED) is 0.479. The molecule has 0 aromatic carbocycles. The number of carbonyl (C=O) groups is 1. The van der Waals surface area contributed by atoms with Crippen molar-refractivity contribution in [2.45, 2.75) is 26.2 Å². The number of ketones is 1. The zero-order valence-electron chi connectivity index (χ0n) is 5.76. The molecule has 9 heavy (non-hydrogen) atoms. The van der Waals surface area contributed by atoms with E-state index in [2.05, 4.69) is 6.92 Å². The zero-order chi connectivity index (χ0) is 6.43. The molecule has 3 atom stereocenters. The summed E-state index contributed by atoms with van der Waals surface area (Å²) in [5, 5.41) is 0. The Hall–Kier alpha value is -0.330. The summed E-state index contributed by atoms with van der Waals surface area (Å²) in [6.45, 7) is 2.20. The average molecular weight is 124 g/mol. The van der Waals surface area contributed by atoms with Crippen molar-refractivity contribution >= 4 is 5.78 Å². The summed E-state index contributed by atoms with van der Waals surface area (Å²) in [4.78, 5) is 11.0. The van der Waals surface area contributed by atoms with Gasteiger partial charge in [0, 0.05) is 12.3 Å². The van der Waals surface area contributed by atoms with Gasteiger partial charge in [0.25, 0.3) is 0 Å². The van der Waals surface area contributed by atoms with Gasteiger partial charge in [-0.15, -0.1) is 0 Å². The second-order valence-corrected chi connectivity index (χ2v) is 3.50. The molecule has 0 bridgehead atoms. The molecule has 50 valence electrons. The highest BCUT2D eigenvalue weighted by Crippen LogP contribution is 2.48. The maximum atomic E-state index is 11.0. The van der Waals surface area contributed by atoms with Crippen LogP contribution >= 0.6 is 0 Å². The zero-order valence-corrected chi connectivity index (χ0v) is 5.76. The van der Waals surface area contributed by atoms with Crippen LogP contribution in [0.1, 0.15) is 26.2 Å². The Morgan fingerprint density at radius 1 is 1.56 bits per heavy atom. The topological polar surface area (TPSA) is 17.1 Å². The van der Waals surface area contributed by atoms with Crippen LogP contribution in [0.25, 0.3) is 0 Å². The molecule has 0 unspecified atom stereocenters. The van der Waals surface area contributed by atoms with Crippen molar-refractivity contribution in [2.75, 3.05) is 0 Å². The maximum absolute atomic E-state index is 11.0. The summed E-state index contributed by atoms with van der Waals surface area (Å²) >= 11 is 0. The van der Waals surface area contributed by atoms with Crippen LogP contribution in [0.5, 0.6) is 0 Å². The molecule has 0 saturated heterocycles. The van der Waals surface area contributed by atoms with Gasteiger partial charge < -0.3 is 0 Å². The summed E-state index contributed by atoms with van der Waals surface area (Å²) in [5.41, 5.74) is 0. The average Bonchev–Trinajstić information content (AvgIpc) is 2.04. The van der Waals surface area contributed by atoms with Gasteiger partial charge in [-0.25, -0.2) is 0 Å². The van der Waals surface area contributed by atoms with Crippen LogP contribution < -0.4 is 0 Å². The first kappa shape index (κ1) is 5.45. The minimum absolute atomic E-state index is 0.491. The van der Waals surface area contributed by atoms with Crippen molar-refractivity contribution in [3.63, 3.8) is 0 Å². The van der Waals surface area contributed by atoms with E-state index in [1.165, 1.54) is 12.8 Å². The van der Waals surface area contributed by atoms with Crippen LogP contribution in [-0.4, -0.2) is 5.78 Å². The minimum atomic E-state index is 0.491. The van der Waals surface area contributed by atoms with Gasteiger partial charge in [-0.3, -0.25) is 4.79 Å². The van der Waals surface area contributed by atoms with Gasteiger partial charge in [0.15, 0.2) is 0 Å². The highest BCUT2D eigenvalue weighted by Gasteiger charge is 2.46. The van der Waals surface area contributed by atoms with E-state index in [1.807, 2.05) is 0 Å². The second kappa shape index (κ2) is 1.59. The summed E-state index contributed by atoms with van der Waals surface area (Å²) in [5.74, 6) is 2.54. The predicted molar refractivity (Wildman–Crippen MR) is 35.0 cm³/mol. The highest BCUT2D eigenvalue weighted by molar-refractivity contribution is 5.84. The van der Waals surface area contributed by atoms with Gasteiger partial charge in [0.05, 0.1) is 0 Å². The number of fused-ring (bicyclic) bond motifs is 1. The molecule has 1 heteroatoms. The number of carbonyl (C=O) groups excluding carboxylic acids is 1. The molecule has 2 aliphatic rings. The predicted octanol–water partition coefficient (Wildman–Crippen LogP) is 1.62. The van der Waals surface area contributed by atoms with E-state index in [4.69, 9.17) is 0 Å². The molecule has 0 aliphatic heterocycles. The molecule has 0 aromatic heterocycles. The number of hydrogen-bond acceptors (Lipinski definition) is 1. The molecule has 2 fully saturated rings. The SMILES string of the molecule is C[C@@H]1C[C@@H]2CCC(=O)[C@H]21. The smallest absolute Gasteiger partial charge is 0.136 e. The van der Waals surface area contributed by atoms with E-state index in [0.29, 0.717) is 17.6 Å². The van der Waals surface area contributed by atoms with Crippen molar-refractivity contribution in [1.82, 2.24) is 0 Å². The molecule has 0 N–H and O–H groups in total. The van der Waals surface area contributed by atoms with Crippen LogP contribution in [0.3, 0.4) is 0 Å². The lowest BCUT2D eigenvalue weighted by atomic mass is 9.67. The van der Waals surface area contributed by atoms with E-state index < -0.39 is 0 Å². The largest absolute Gasteiger partial charge is 0.299 e.